The van der Waals surface area contributed by atoms with Gasteiger partial charge in [-0.05, 0) is 74.2 Å². The molecule has 3 rings (SSSR count). The van der Waals surface area contributed by atoms with E-state index in [4.69, 9.17) is 10.5 Å². The van der Waals surface area contributed by atoms with Crippen LogP contribution in [0.1, 0.15) is 36.9 Å². The van der Waals surface area contributed by atoms with Crippen LogP contribution in [0.3, 0.4) is 0 Å². The normalized spacial score (nSPS) is 20.8. The molecule has 1 aliphatic rings. The van der Waals surface area contributed by atoms with Gasteiger partial charge in [0.25, 0.3) is 0 Å². The minimum Gasteiger partial charge on any atom is -0.497 e. The van der Waals surface area contributed by atoms with Gasteiger partial charge in [0, 0.05) is 18.3 Å². The number of anilines is 1. The largest absolute Gasteiger partial charge is 0.497 e. The number of aryl methyl sites for hydroxylation is 1. The number of hydrogen-bond acceptors (Lipinski definition) is 3. The molecule has 0 spiro atoms. The highest BCUT2D eigenvalue weighted by atomic mass is 16.5. The van der Waals surface area contributed by atoms with Crippen molar-refractivity contribution in [2.24, 2.45) is 16.6 Å². The zero-order chi connectivity index (χ0) is 19.9. The molecule has 28 heavy (non-hydrogen) atoms. The van der Waals surface area contributed by atoms with E-state index in [1.807, 2.05) is 12.1 Å². The highest BCUT2D eigenvalue weighted by molar-refractivity contribution is 5.92. The monoisotopic (exact) mass is 380 g/mol. The topological polar surface area (TPSA) is 62.9 Å². The summed E-state index contributed by atoms with van der Waals surface area (Å²) in [6.45, 7) is 3.97. The number of guanidine groups is 1. The number of ether oxygens (including phenoxy) is 1. The minimum atomic E-state index is 0.347. The average molecular weight is 381 g/mol. The highest BCUT2D eigenvalue weighted by Crippen LogP contribution is 2.35. The first-order valence-electron chi connectivity index (χ1n) is 10.1. The fourth-order valence-corrected chi connectivity index (χ4v) is 4.01. The van der Waals surface area contributed by atoms with Crippen molar-refractivity contribution < 1.29 is 4.74 Å². The van der Waals surface area contributed by atoms with Crippen LogP contribution in [0.4, 0.5) is 5.69 Å². The van der Waals surface area contributed by atoms with E-state index in [1.54, 1.807) is 7.11 Å². The molecule has 2 atom stereocenters. The Morgan fingerprint density at radius 1 is 1.18 bits per heavy atom. The molecule has 0 aromatic heterocycles. The van der Waals surface area contributed by atoms with Crippen molar-refractivity contribution in [1.82, 2.24) is 4.90 Å². The van der Waals surface area contributed by atoms with Gasteiger partial charge >= 0.3 is 0 Å². The summed E-state index contributed by atoms with van der Waals surface area (Å²) in [5, 5.41) is 3.21. The number of rotatable bonds is 6. The molecule has 0 bridgehead atoms. The van der Waals surface area contributed by atoms with Crippen LogP contribution in [0.5, 0.6) is 5.75 Å². The van der Waals surface area contributed by atoms with Crippen molar-refractivity contribution >= 4 is 11.6 Å². The summed E-state index contributed by atoms with van der Waals surface area (Å²) in [5.41, 5.74) is 9.76. The van der Waals surface area contributed by atoms with E-state index in [2.05, 4.69) is 65.6 Å². The SMILES string of the molecule is CCc1ccc(NC(N)=NCC2CCCN(C)C2c2ccc(OC)cc2)cc1. The Bertz CT molecular complexity index is 770. The van der Waals surface area contributed by atoms with Gasteiger partial charge < -0.3 is 15.8 Å². The summed E-state index contributed by atoms with van der Waals surface area (Å²) >= 11 is 0. The molecule has 2 aromatic rings. The third-order valence-corrected chi connectivity index (χ3v) is 5.60. The van der Waals surface area contributed by atoms with Gasteiger partial charge in [-0.15, -0.1) is 0 Å². The number of aliphatic imine (C=N–C) groups is 1. The number of nitrogens with one attached hydrogen (secondary N) is 1. The first-order chi connectivity index (χ1) is 13.6. The minimum absolute atomic E-state index is 0.347. The lowest BCUT2D eigenvalue weighted by molar-refractivity contribution is 0.125. The molecule has 3 N–H and O–H groups in total. The number of benzene rings is 2. The molecule has 1 saturated heterocycles. The highest BCUT2D eigenvalue weighted by Gasteiger charge is 2.30. The second-order valence-electron chi connectivity index (χ2n) is 7.50. The van der Waals surface area contributed by atoms with Crippen molar-refractivity contribution in [3.8, 4) is 5.75 Å². The van der Waals surface area contributed by atoms with Gasteiger partial charge in [-0.2, -0.15) is 0 Å². The molecule has 0 aliphatic carbocycles. The number of hydrogen-bond donors (Lipinski definition) is 2. The molecule has 0 saturated carbocycles. The lowest BCUT2D eigenvalue weighted by atomic mass is 9.85. The van der Waals surface area contributed by atoms with Crippen LogP contribution in [-0.2, 0) is 6.42 Å². The Morgan fingerprint density at radius 2 is 1.89 bits per heavy atom. The van der Waals surface area contributed by atoms with Crippen LogP contribution in [0.15, 0.2) is 53.5 Å². The molecule has 150 valence electrons. The standard InChI is InChI=1S/C23H32N4O/c1-4-17-7-11-20(12-8-17)26-23(24)25-16-19-6-5-15-27(2)22(19)18-9-13-21(28-3)14-10-18/h7-14,19,22H,4-6,15-16H2,1-3H3,(H3,24,25,26). The predicted molar refractivity (Wildman–Crippen MR) is 117 cm³/mol. The van der Waals surface area contributed by atoms with E-state index in [9.17, 15) is 0 Å². The third-order valence-electron chi connectivity index (χ3n) is 5.60. The molecule has 1 aliphatic heterocycles. The molecule has 5 nitrogen and oxygen atoms in total. The Kier molecular flexibility index (Phi) is 6.93. The quantitative estimate of drug-likeness (QED) is 0.586. The van der Waals surface area contributed by atoms with Gasteiger partial charge in [-0.25, -0.2) is 0 Å². The van der Waals surface area contributed by atoms with Crippen LogP contribution in [0.25, 0.3) is 0 Å². The number of likely N-dealkylation sites (tertiary alicyclic amines) is 1. The predicted octanol–water partition coefficient (Wildman–Crippen LogP) is 4.07. The zero-order valence-corrected chi connectivity index (χ0v) is 17.2. The van der Waals surface area contributed by atoms with Gasteiger partial charge in [0.15, 0.2) is 5.96 Å². The lowest BCUT2D eigenvalue weighted by Gasteiger charge is -2.39. The number of nitrogens with zero attached hydrogens (tertiary/aromatic N) is 2. The second-order valence-corrected chi connectivity index (χ2v) is 7.50. The Labute approximate surface area is 168 Å². The van der Waals surface area contributed by atoms with Gasteiger partial charge in [0.2, 0.25) is 0 Å². The Morgan fingerprint density at radius 3 is 2.54 bits per heavy atom. The fourth-order valence-electron chi connectivity index (χ4n) is 4.01. The van der Waals surface area contributed by atoms with Crippen LogP contribution in [0.2, 0.25) is 0 Å². The molecular weight excluding hydrogens is 348 g/mol. The molecular formula is C23H32N4O. The van der Waals surface area contributed by atoms with Gasteiger partial charge in [0.1, 0.15) is 5.75 Å². The summed E-state index contributed by atoms with van der Waals surface area (Å²) in [6, 6.07) is 17.1. The Hall–Kier alpha value is -2.53. The van der Waals surface area contributed by atoms with Crippen LogP contribution >= 0.6 is 0 Å². The zero-order valence-electron chi connectivity index (χ0n) is 17.2. The van der Waals surface area contributed by atoms with Gasteiger partial charge in [0.05, 0.1) is 7.11 Å². The van der Waals surface area contributed by atoms with E-state index < -0.39 is 0 Å². The third kappa shape index (κ3) is 5.04. The first kappa shape index (κ1) is 20.2. The van der Waals surface area contributed by atoms with Crippen LogP contribution in [-0.4, -0.2) is 38.1 Å². The van der Waals surface area contributed by atoms with Crippen molar-refractivity contribution in [2.45, 2.75) is 32.2 Å². The number of methoxy groups -OCH3 is 1. The summed E-state index contributed by atoms with van der Waals surface area (Å²) in [6.07, 6.45) is 3.38. The van der Waals surface area contributed by atoms with Crippen molar-refractivity contribution in [3.05, 3.63) is 59.7 Å². The van der Waals surface area contributed by atoms with Crippen LogP contribution < -0.4 is 15.8 Å². The van der Waals surface area contributed by atoms with Gasteiger partial charge in [-0.3, -0.25) is 9.89 Å². The molecule has 0 amide bonds. The first-order valence-corrected chi connectivity index (χ1v) is 10.1. The molecule has 0 radical (unpaired) electrons. The fraction of sp³-hybridized carbons (Fsp3) is 0.435. The van der Waals surface area contributed by atoms with Crippen molar-refractivity contribution in [1.29, 1.82) is 0 Å². The second kappa shape index (κ2) is 9.60. The maximum Gasteiger partial charge on any atom is 0.193 e. The van der Waals surface area contributed by atoms with E-state index >= 15 is 0 Å². The van der Waals surface area contributed by atoms with E-state index in [0.717, 1.165) is 30.8 Å². The molecule has 2 aromatic carbocycles. The molecule has 2 unspecified atom stereocenters. The average Bonchev–Trinajstić information content (AvgIpc) is 2.73. The van der Waals surface area contributed by atoms with E-state index in [1.165, 1.54) is 17.5 Å². The molecule has 5 heteroatoms. The van der Waals surface area contributed by atoms with E-state index in [0.29, 0.717) is 24.5 Å². The smallest absolute Gasteiger partial charge is 0.193 e. The Balaban J connectivity index is 1.67. The van der Waals surface area contributed by atoms with Gasteiger partial charge in [-0.1, -0.05) is 31.2 Å². The maximum absolute atomic E-state index is 6.16. The summed E-state index contributed by atoms with van der Waals surface area (Å²) < 4.78 is 5.30. The molecule has 1 heterocycles. The van der Waals surface area contributed by atoms with Crippen LogP contribution in [0, 0.1) is 5.92 Å². The van der Waals surface area contributed by atoms with Crippen molar-refractivity contribution in [2.75, 3.05) is 32.6 Å². The number of piperidine rings is 1. The number of nitrogens with two attached hydrogens (primary N) is 1. The molecule has 1 fully saturated rings. The maximum atomic E-state index is 6.16. The summed E-state index contributed by atoms with van der Waals surface area (Å²) in [7, 11) is 3.90. The summed E-state index contributed by atoms with van der Waals surface area (Å²) in [4.78, 5) is 7.09. The van der Waals surface area contributed by atoms with Crippen molar-refractivity contribution in [3.63, 3.8) is 0 Å². The van der Waals surface area contributed by atoms with E-state index in [-0.39, 0.29) is 0 Å². The summed E-state index contributed by atoms with van der Waals surface area (Å²) in [5.74, 6) is 1.81. The lowest BCUT2D eigenvalue weighted by Crippen LogP contribution is -2.38.